The Bertz CT molecular complexity index is 411. The third-order valence-corrected chi connectivity index (χ3v) is 3.41. The highest BCUT2D eigenvalue weighted by Gasteiger charge is 2.18. The van der Waals surface area contributed by atoms with E-state index >= 15 is 0 Å². The van der Waals surface area contributed by atoms with Crippen LogP contribution in [0, 0.1) is 5.82 Å². The van der Waals surface area contributed by atoms with E-state index in [-0.39, 0.29) is 11.9 Å². The van der Waals surface area contributed by atoms with E-state index in [1.165, 1.54) is 0 Å². The lowest BCUT2D eigenvalue weighted by atomic mass is 10.1. The third kappa shape index (κ3) is 4.27. The first-order valence-electron chi connectivity index (χ1n) is 7.01. The quantitative estimate of drug-likeness (QED) is 0.884. The van der Waals surface area contributed by atoms with Gasteiger partial charge in [0.1, 0.15) is 5.82 Å². The topological polar surface area (TPSA) is 24.5 Å². The molecule has 1 unspecified atom stereocenters. The molecule has 0 aliphatic carbocycles. The van der Waals surface area contributed by atoms with E-state index < -0.39 is 0 Å². The molecule has 1 aliphatic rings. The first-order chi connectivity index (χ1) is 9.19. The fraction of sp³-hybridized carbons (Fsp3) is 0.600. The van der Waals surface area contributed by atoms with Crippen LogP contribution in [0.4, 0.5) is 4.39 Å². The van der Waals surface area contributed by atoms with Crippen molar-refractivity contribution in [2.45, 2.75) is 33.0 Å². The Morgan fingerprint density at radius 3 is 3.05 bits per heavy atom. The van der Waals surface area contributed by atoms with Gasteiger partial charge in [-0.2, -0.15) is 0 Å². The molecule has 0 bridgehead atoms. The van der Waals surface area contributed by atoms with E-state index in [9.17, 15) is 4.39 Å². The largest absolute Gasteiger partial charge is 0.376 e. The van der Waals surface area contributed by atoms with Gasteiger partial charge in [-0.3, -0.25) is 4.90 Å². The van der Waals surface area contributed by atoms with Crippen LogP contribution in [0.25, 0.3) is 0 Å². The fourth-order valence-electron chi connectivity index (χ4n) is 2.40. The molecule has 0 radical (unpaired) electrons. The lowest BCUT2D eigenvalue weighted by molar-refractivity contribution is -0.0215. The summed E-state index contributed by atoms with van der Waals surface area (Å²) >= 11 is 0. The van der Waals surface area contributed by atoms with Gasteiger partial charge >= 0.3 is 0 Å². The van der Waals surface area contributed by atoms with Gasteiger partial charge in [0.15, 0.2) is 0 Å². The van der Waals surface area contributed by atoms with Crippen LogP contribution >= 0.6 is 0 Å². The second-order valence-corrected chi connectivity index (χ2v) is 5.12. The highest BCUT2D eigenvalue weighted by molar-refractivity contribution is 5.25. The SMILES string of the molecule is CCNCc1ccc(F)c(CN2CCOC(C)C2)c1. The van der Waals surface area contributed by atoms with Gasteiger partial charge < -0.3 is 10.1 Å². The number of halogens is 1. The summed E-state index contributed by atoms with van der Waals surface area (Å²) in [6, 6.07) is 5.40. The molecule has 0 spiro atoms. The van der Waals surface area contributed by atoms with Crippen molar-refractivity contribution in [3.63, 3.8) is 0 Å². The van der Waals surface area contributed by atoms with Crippen molar-refractivity contribution in [3.05, 3.63) is 35.1 Å². The van der Waals surface area contributed by atoms with Crippen LogP contribution in [0.3, 0.4) is 0 Å². The van der Waals surface area contributed by atoms with Gasteiger partial charge in [-0.05, 0) is 25.1 Å². The minimum Gasteiger partial charge on any atom is -0.376 e. The summed E-state index contributed by atoms with van der Waals surface area (Å²) in [7, 11) is 0. The summed E-state index contributed by atoms with van der Waals surface area (Å²) in [5, 5.41) is 3.27. The summed E-state index contributed by atoms with van der Waals surface area (Å²) in [6.45, 7) is 9.00. The second-order valence-electron chi connectivity index (χ2n) is 5.12. The molecule has 1 aromatic rings. The van der Waals surface area contributed by atoms with Gasteiger partial charge in [0, 0.05) is 31.7 Å². The molecule has 1 aliphatic heterocycles. The number of ether oxygens (including phenoxy) is 1. The lowest BCUT2D eigenvalue weighted by Crippen LogP contribution is -2.40. The van der Waals surface area contributed by atoms with Crippen LogP contribution in [0.1, 0.15) is 25.0 Å². The summed E-state index contributed by atoms with van der Waals surface area (Å²) in [6.07, 6.45) is 0.238. The summed E-state index contributed by atoms with van der Waals surface area (Å²) in [4.78, 5) is 2.25. The molecule has 106 valence electrons. The highest BCUT2D eigenvalue weighted by Crippen LogP contribution is 2.15. The van der Waals surface area contributed by atoms with E-state index in [1.54, 1.807) is 6.07 Å². The molecule has 1 atom stereocenters. The maximum absolute atomic E-state index is 13.9. The van der Waals surface area contributed by atoms with Gasteiger partial charge in [0.05, 0.1) is 12.7 Å². The molecule has 0 aromatic heterocycles. The van der Waals surface area contributed by atoms with Crippen molar-refractivity contribution < 1.29 is 9.13 Å². The average Bonchev–Trinajstić information content (AvgIpc) is 2.40. The molecule has 1 heterocycles. The summed E-state index contributed by atoms with van der Waals surface area (Å²) in [5.74, 6) is -0.112. The molecule has 0 saturated carbocycles. The molecule has 1 saturated heterocycles. The number of nitrogens with zero attached hydrogens (tertiary/aromatic N) is 1. The molecule has 1 aromatic carbocycles. The predicted molar refractivity (Wildman–Crippen MR) is 74.5 cm³/mol. The molecule has 1 fully saturated rings. The van der Waals surface area contributed by atoms with Gasteiger partial charge in [0.25, 0.3) is 0 Å². The third-order valence-electron chi connectivity index (χ3n) is 3.41. The standard InChI is InChI=1S/C15H23FN2O/c1-3-17-9-13-4-5-15(16)14(8-13)11-18-6-7-19-12(2)10-18/h4-5,8,12,17H,3,6-7,9-11H2,1-2H3. The monoisotopic (exact) mass is 266 g/mol. The van der Waals surface area contributed by atoms with Crippen LogP contribution in [-0.2, 0) is 17.8 Å². The van der Waals surface area contributed by atoms with Crippen LogP contribution in [0.15, 0.2) is 18.2 Å². The number of rotatable bonds is 5. The number of morpholine rings is 1. The maximum atomic E-state index is 13.9. The van der Waals surface area contributed by atoms with Crippen molar-refractivity contribution in [2.75, 3.05) is 26.2 Å². The fourth-order valence-corrected chi connectivity index (χ4v) is 2.40. The Kier molecular flexibility index (Phi) is 5.31. The Balaban J connectivity index is 2.01. The van der Waals surface area contributed by atoms with Gasteiger partial charge in [-0.15, -0.1) is 0 Å². The maximum Gasteiger partial charge on any atom is 0.127 e. The van der Waals surface area contributed by atoms with Crippen LogP contribution in [0.2, 0.25) is 0 Å². The van der Waals surface area contributed by atoms with E-state index in [2.05, 4.69) is 24.1 Å². The van der Waals surface area contributed by atoms with Crippen molar-refractivity contribution in [2.24, 2.45) is 0 Å². The molecule has 2 rings (SSSR count). The smallest absolute Gasteiger partial charge is 0.127 e. The highest BCUT2D eigenvalue weighted by atomic mass is 19.1. The van der Waals surface area contributed by atoms with Gasteiger partial charge in [-0.25, -0.2) is 4.39 Å². The average molecular weight is 266 g/mol. The minimum absolute atomic E-state index is 0.112. The predicted octanol–water partition coefficient (Wildman–Crippen LogP) is 2.16. The van der Waals surface area contributed by atoms with Crippen molar-refractivity contribution >= 4 is 0 Å². The zero-order chi connectivity index (χ0) is 13.7. The molecule has 3 nitrogen and oxygen atoms in total. The lowest BCUT2D eigenvalue weighted by Gasteiger charge is -2.31. The number of hydrogen-bond acceptors (Lipinski definition) is 3. The van der Waals surface area contributed by atoms with Gasteiger partial charge in [0.2, 0.25) is 0 Å². The summed E-state index contributed by atoms with van der Waals surface area (Å²) < 4.78 is 19.4. The zero-order valence-corrected chi connectivity index (χ0v) is 11.8. The zero-order valence-electron chi connectivity index (χ0n) is 11.8. The van der Waals surface area contributed by atoms with Crippen LogP contribution in [-0.4, -0.2) is 37.2 Å². The first kappa shape index (κ1) is 14.4. The molecule has 1 N–H and O–H groups in total. The van der Waals surface area contributed by atoms with Crippen LogP contribution in [0.5, 0.6) is 0 Å². The normalized spacial score (nSPS) is 20.7. The Hall–Kier alpha value is -0.970. The Morgan fingerprint density at radius 1 is 1.47 bits per heavy atom. The number of nitrogens with one attached hydrogen (secondary N) is 1. The van der Waals surface area contributed by atoms with Crippen molar-refractivity contribution in [1.29, 1.82) is 0 Å². The minimum atomic E-state index is -0.112. The van der Waals surface area contributed by atoms with Gasteiger partial charge in [-0.1, -0.05) is 19.1 Å². The summed E-state index contributed by atoms with van der Waals surface area (Å²) in [5.41, 5.74) is 1.92. The number of hydrogen-bond donors (Lipinski definition) is 1. The van der Waals surface area contributed by atoms with E-state index in [0.717, 1.165) is 43.9 Å². The molecular weight excluding hydrogens is 243 g/mol. The Labute approximate surface area is 114 Å². The van der Waals surface area contributed by atoms with E-state index in [1.807, 2.05) is 12.1 Å². The second kappa shape index (κ2) is 6.98. The Morgan fingerprint density at radius 2 is 2.32 bits per heavy atom. The molecule has 19 heavy (non-hydrogen) atoms. The first-order valence-corrected chi connectivity index (χ1v) is 7.01. The number of benzene rings is 1. The molecule has 4 heteroatoms. The molecular formula is C15H23FN2O. The van der Waals surface area contributed by atoms with E-state index in [4.69, 9.17) is 4.74 Å². The van der Waals surface area contributed by atoms with Crippen LogP contribution < -0.4 is 5.32 Å². The van der Waals surface area contributed by atoms with Crippen molar-refractivity contribution in [3.8, 4) is 0 Å². The molecule has 0 amide bonds. The van der Waals surface area contributed by atoms with Crippen molar-refractivity contribution in [1.82, 2.24) is 10.2 Å². The van der Waals surface area contributed by atoms with E-state index in [0.29, 0.717) is 6.54 Å².